The molecule has 0 spiro atoms. The molecule has 4 aromatic rings. The first-order valence-corrected chi connectivity index (χ1v) is 19.2. The van der Waals surface area contributed by atoms with Gasteiger partial charge in [0.15, 0.2) is 11.6 Å². The van der Waals surface area contributed by atoms with Crippen LogP contribution in [0.2, 0.25) is 0 Å². The molecule has 0 radical (unpaired) electrons. The Bertz CT molecular complexity index is 2010. The number of rotatable bonds is 14. The first-order chi connectivity index (χ1) is 27.0. The van der Waals surface area contributed by atoms with Crippen molar-refractivity contribution in [2.24, 2.45) is 5.92 Å². The molecule has 1 saturated heterocycles. The second-order valence-electron chi connectivity index (χ2n) is 16.1. The first-order valence-electron chi connectivity index (χ1n) is 19.2. The molecule has 13 nitrogen and oxygen atoms in total. The summed E-state index contributed by atoms with van der Waals surface area (Å²) in [6, 6.07) is 22.6. The van der Waals surface area contributed by atoms with E-state index < -0.39 is 41.1 Å². The Morgan fingerprint density at radius 1 is 0.842 bits per heavy atom. The van der Waals surface area contributed by atoms with Crippen molar-refractivity contribution >= 4 is 35.4 Å². The van der Waals surface area contributed by atoms with Gasteiger partial charge in [0.1, 0.15) is 23.2 Å². The summed E-state index contributed by atoms with van der Waals surface area (Å²) >= 11 is 0. The fourth-order valence-electron chi connectivity index (χ4n) is 6.44. The quantitative estimate of drug-likeness (QED) is 0.129. The van der Waals surface area contributed by atoms with E-state index in [4.69, 9.17) is 9.47 Å². The Labute approximate surface area is 334 Å². The lowest BCUT2D eigenvalue weighted by molar-refractivity contribution is -0.134. The minimum Gasteiger partial charge on any atom is -0.444 e. The van der Waals surface area contributed by atoms with Crippen molar-refractivity contribution in [3.8, 4) is 0 Å². The summed E-state index contributed by atoms with van der Waals surface area (Å²) in [6.45, 7) is 12.9. The number of likely N-dealkylation sites (tertiary alicyclic amines) is 1. The van der Waals surface area contributed by atoms with Crippen LogP contribution in [0, 0.1) is 19.8 Å². The summed E-state index contributed by atoms with van der Waals surface area (Å²) in [5.41, 5.74) is 2.18. The zero-order valence-electron chi connectivity index (χ0n) is 33.8. The molecule has 3 aromatic carbocycles. The van der Waals surface area contributed by atoms with Gasteiger partial charge in [-0.1, -0.05) is 90.0 Å². The fourth-order valence-corrected chi connectivity index (χ4v) is 6.44. The second-order valence-corrected chi connectivity index (χ2v) is 16.1. The van der Waals surface area contributed by atoms with Crippen molar-refractivity contribution in [1.29, 1.82) is 0 Å². The molecule has 0 saturated carbocycles. The third kappa shape index (κ3) is 11.8. The predicted molar refractivity (Wildman–Crippen MR) is 216 cm³/mol. The largest absolute Gasteiger partial charge is 0.444 e. The van der Waals surface area contributed by atoms with E-state index in [9.17, 15) is 24.0 Å². The van der Waals surface area contributed by atoms with Gasteiger partial charge in [0.05, 0.1) is 19.5 Å². The van der Waals surface area contributed by atoms with Gasteiger partial charge >= 0.3 is 6.09 Å². The molecule has 0 bridgehead atoms. The molecule has 0 aliphatic carbocycles. The minimum absolute atomic E-state index is 0.0926. The van der Waals surface area contributed by atoms with Crippen LogP contribution in [0.1, 0.15) is 86.1 Å². The van der Waals surface area contributed by atoms with Crippen LogP contribution in [0.4, 0.5) is 10.6 Å². The van der Waals surface area contributed by atoms with Crippen LogP contribution in [0.25, 0.3) is 0 Å². The number of anilines is 1. The summed E-state index contributed by atoms with van der Waals surface area (Å²) in [5.74, 6) is -1.34. The van der Waals surface area contributed by atoms with Gasteiger partial charge in [-0.25, -0.2) is 9.78 Å². The Kier molecular flexibility index (Phi) is 13.7. The molecule has 302 valence electrons. The number of ether oxygens (including phenoxy) is 2. The zero-order valence-corrected chi connectivity index (χ0v) is 33.8. The van der Waals surface area contributed by atoms with Crippen molar-refractivity contribution in [2.75, 3.05) is 25.0 Å². The van der Waals surface area contributed by atoms with E-state index in [2.05, 4.69) is 20.9 Å². The number of hydrogen-bond donors (Lipinski definition) is 3. The summed E-state index contributed by atoms with van der Waals surface area (Å²) in [5, 5.41) is 8.05. The van der Waals surface area contributed by atoms with Gasteiger partial charge < -0.3 is 34.9 Å². The average molecular weight is 779 g/mol. The average Bonchev–Trinajstić information content (AvgIpc) is 3.62. The maximum atomic E-state index is 14.3. The number of nitrogens with one attached hydrogen (secondary N) is 3. The molecule has 1 fully saturated rings. The van der Waals surface area contributed by atoms with Crippen LogP contribution in [0.3, 0.4) is 0 Å². The van der Waals surface area contributed by atoms with Gasteiger partial charge in [0, 0.05) is 30.8 Å². The van der Waals surface area contributed by atoms with Gasteiger partial charge in [-0.2, -0.15) is 0 Å². The third-order valence-electron chi connectivity index (χ3n) is 9.69. The second kappa shape index (κ2) is 18.4. The molecule has 57 heavy (non-hydrogen) atoms. The van der Waals surface area contributed by atoms with E-state index >= 15 is 0 Å². The van der Waals surface area contributed by atoms with Crippen molar-refractivity contribution in [1.82, 2.24) is 25.1 Å². The molecule has 2 heterocycles. The maximum absolute atomic E-state index is 14.3. The highest BCUT2D eigenvalue weighted by Gasteiger charge is 2.36. The van der Waals surface area contributed by atoms with Gasteiger partial charge in [-0.15, -0.1) is 0 Å². The number of carbonyl (C=O) groups excluding carboxylic acids is 5. The standard InChI is InChI=1S/C44H54N6O7/c1-29-13-17-32(18-14-29)37(40(53)49-23-21-34(22-24-49)38(51)33-19-15-30(2)16-20-33)50-25-36(45-28-50)47-39(52)35(27-56-26-31-11-9-8-10-12-31)46-41(54)44(6,7)48-42(55)57-43(3,4)5/h8-20,25,28,34-35,37H,21-24,26-27H2,1-7H3,(H,46,54)(H,47,52)(H,48,55)/t35-,37?/m1/s1. The Hall–Kier alpha value is -5.82. The van der Waals surface area contributed by atoms with Crippen molar-refractivity contribution in [3.63, 3.8) is 0 Å². The summed E-state index contributed by atoms with van der Waals surface area (Å²) in [7, 11) is 0. The molecule has 4 amide bonds. The number of carbonyl (C=O) groups is 5. The van der Waals surface area contributed by atoms with Crippen molar-refractivity contribution in [2.45, 2.75) is 91.1 Å². The van der Waals surface area contributed by atoms with Crippen LogP contribution in [0.15, 0.2) is 91.4 Å². The molecule has 2 atom stereocenters. The number of piperidine rings is 1. The number of imidazole rings is 1. The predicted octanol–water partition coefficient (Wildman–Crippen LogP) is 6.15. The molecule has 13 heteroatoms. The highest BCUT2D eigenvalue weighted by atomic mass is 16.6. The SMILES string of the molecule is Cc1ccc(C(=O)C2CCN(C(=O)C(c3ccc(C)cc3)n3cnc(NC(=O)[C@@H](COCc4ccccc4)NC(=O)C(C)(C)NC(=O)OC(C)(C)C)c3)CC2)cc1. The molecule has 1 unspecified atom stereocenters. The molecule has 1 aliphatic rings. The Morgan fingerprint density at radius 3 is 2.07 bits per heavy atom. The number of benzene rings is 3. The van der Waals surface area contributed by atoms with E-state index in [1.807, 2.05) is 92.7 Å². The van der Waals surface area contributed by atoms with Crippen LogP contribution >= 0.6 is 0 Å². The first kappa shape index (κ1) is 42.3. The highest BCUT2D eigenvalue weighted by molar-refractivity contribution is 5.99. The van der Waals surface area contributed by atoms with E-state index in [1.165, 1.54) is 20.2 Å². The Balaban J connectivity index is 1.30. The Morgan fingerprint density at radius 2 is 1.46 bits per heavy atom. The lowest BCUT2D eigenvalue weighted by Crippen LogP contribution is -2.59. The summed E-state index contributed by atoms with van der Waals surface area (Å²) in [6.07, 6.45) is 3.37. The summed E-state index contributed by atoms with van der Waals surface area (Å²) < 4.78 is 12.9. The van der Waals surface area contributed by atoms with E-state index in [-0.39, 0.29) is 36.6 Å². The number of ketones is 1. The van der Waals surface area contributed by atoms with E-state index in [1.54, 1.807) is 36.4 Å². The van der Waals surface area contributed by atoms with Crippen molar-refractivity contribution in [3.05, 3.63) is 119 Å². The lowest BCUT2D eigenvalue weighted by atomic mass is 9.88. The molecule has 1 aliphatic heterocycles. The van der Waals surface area contributed by atoms with Gasteiger partial charge in [0.25, 0.3) is 5.91 Å². The fraction of sp³-hybridized carbons (Fsp3) is 0.409. The normalized spacial score (nSPS) is 14.6. The van der Waals surface area contributed by atoms with Crippen molar-refractivity contribution < 1.29 is 33.4 Å². The highest BCUT2D eigenvalue weighted by Crippen LogP contribution is 2.28. The number of nitrogens with zero attached hydrogens (tertiary/aromatic N) is 3. The summed E-state index contributed by atoms with van der Waals surface area (Å²) in [4.78, 5) is 73.6. The molecule has 1 aromatic heterocycles. The van der Waals surface area contributed by atoms with E-state index in [0.717, 1.165) is 22.3 Å². The number of aromatic nitrogens is 2. The number of aryl methyl sites for hydroxylation is 2. The van der Waals surface area contributed by atoms with Gasteiger partial charge in [0.2, 0.25) is 11.8 Å². The van der Waals surface area contributed by atoms with Crippen LogP contribution in [-0.4, -0.2) is 80.9 Å². The topological polar surface area (TPSA) is 161 Å². The number of amides is 4. The number of hydrogen-bond acceptors (Lipinski definition) is 8. The third-order valence-corrected chi connectivity index (χ3v) is 9.69. The monoisotopic (exact) mass is 778 g/mol. The van der Waals surface area contributed by atoms with Gasteiger partial charge in [-0.05, 0) is 72.4 Å². The van der Waals surface area contributed by atoms with E-state index in [0.29, 0.717) is 31.5 Å². The van der Waals surface area contributed by atoms with Crippen LogP contribution in [0.5, 0.6) is 0 Å². The molecular weight excluding hydrogens is 725 g/mol. The number of Topliss-reactive ketones (excluding diaryl/α,β-unsaturated/α-hetero) is 1. The van der Waals surface area contributed by atoms with Crippen LogP contribution in [-0.2, 0) is 30.5 Å². The minimum atomic E-state index is -1.45. The molecule has 5 rings (SSSR count). The lowest BCUT2D eigenvalue weighted by Gasteiger charge is -2.34. The van der Waals surface area contributed by atoms with Crippen LogP contribution < -0.4 is 16.0 Å². The number of alkyl carbamates (subject to hydrolysis) is 1. The zero-order chi connectivity index (χ0) is 41.3. The molecular formula is C44H54N6O7. The van der Waals surface area contributed by atoms with Gasteiger partial charge in [-0.3, -0.25) is 19.2 Å². The molecule has 3 N–H and O–H groups in total. The smallest absolute Gasteiger partial charge is 0.408 e. The maximum Gasteiger partial charge on any atom is 0.408 e.